The van der Waals surface area contributed by atoms with E-state index in [4.69, 9.17) is 15.3 Å². The summed E-state index contributed by atoms with van der Waals surface area (Å²) in [6, 6.07) is 0. The van der Waals surface area contributed by atoms with E-state index in [1.54, 1.807) is 0 Å². The first-order valence-electron chi connectivity index (χ1n) is 3.43. The molecule has 4 N–H and O–H groups in total. The number of aliphatic hydroxyl groups excluding tert-OH is 4. The molecule has 1 rings (SSSR count). The minimum Gasteiger partial charge on any atom is -0.394 e. The molecule has 11 heavy (non-hydrogen) atoms. The fourth-order valence-corrected chi connectivity index (χ4v) is 2.37. The Labute approximate surface area is 68.9 Å². The normalized spacial score (nSPS) is 40.9. The Morgan fingerprint density at radius 2 is 2.09 bits per heavy atom. The van der Waals surface area contributed by atoms with Crippen LogP contribution in [-0.2, 0) is 0 Å². The summed E-state index contributed by atoms with van der Waals surface area (Å²) in [7, 11) is 0. The minimum absolute atomic E-state index is 0.374. The minimum atomic E-state index is -0.938. The van der Waals surface area contributed by atoms with Gasteiger partial charge in [-0.15, -0.1) is 0 Å². The Kier molecular flexibility index (Phi) is 3.15. The van der Waals surface area contributed by atoms with Gasteiger partial charge >= 0.3 is 0 Å². The largest absolute Gasteiger partial charge is 0.394 e. The zero-order chi connectivity index (χ0) is 8.43. The average molecular weight is 180 g/mol. The highest BCUT2D eigenvalue weighted by atomic mass is 32.2. The standard InChI is InChI=1S/C6H12O4S/c7-1-3(8)6-5(10)4(9)2-11-6/h3-10H,1-2H2/t3-,4+,5+,6+/m0/s1. The maximum Gasteiger partial charge on any atom is 0.0951 e. The lowest BCUT2D eigenvalue weighted by molar-refractivity contribution is 0.000870. The lowest BCUT2D eigenvalue weighted by Gasteiger charge is -2.19. The molecular formula is C6H12O4S. The Morgan fingerprint density at radius 1 is 1.45 bits per heavy atom. The number of hydrogen-bond donors (Lipinski definition) is 4. The quantitative estimate of drug-likeness (QED) is 0.402. The monoisotopic (exact) mass is 180 g/mol. The van der Waals surface area contributed by atoms with E-state index in [0.717, 1.165) is 0 Å². The SMILES string of the molecule is OC[C@H](O)[C@H]1SC[C@@H](O)[C@H]1O. The highest BCUT2D eigenvalue weighted by Gasteiger charge is 2.38. The molecular weight excluding hydrogens is 168 g/mol. The summed E-state index contributed by atoms with van der Waals surface area (Å²) in [6.45, 7) is -0.374. The van der Waals surface area contributed by atoms with Gasteiger partial charge < -0.3 is 20.4 Å². The van der Waals surface area contributed by atoms with Crippen LogP contribution in [-0.4, -0.2) is 56.3 Å². The third-order valence-electron chi connectivity index (χ3n) is 1.76. The van der Waals surface area contributed by atoms with E-state index in [0.29, 0.717) is 5.75 Å². The van der Waals surface area contributed by atoms with E-state index in [-0.39, 0.29) is 6.61 Å². The molecule has 0 radical (unpaired) electrons. The maximum absolute atomic E-state index is 9.22. The van der Waals surface area contributed by atoms with Crippen molar-refractivity contribution in [3.8, 4) is 0 Å². The molecule has 5 heteroatoms. The Balaban J connectivity index is 2.47. The number of rotatable bonds is 2. The molecule has 66 valence electrons. The van der Waals surface area contributed by atoms with Crippen LogP contribution >= 0.6 is 11.8 Å². The van der Waals surface area contributed by atoms with Gasteiger partial charge in [-0.05, 0) is 0 Å². The summed E-state index contributed by atoms with van der Waals surface area (Å²) in [5, 5.41) is 35.5. The summed E-state index contributed by atoms with van der Waals surface area (Å²) >= 11 is 1.28. The van der Waals surface area contributed by atoms with E-state index in [9.17, 15) is 5.11 Å². The van der Waals surface area contributed by atoms with Crippen molar-refractivity contribution < 1.29 is 20.4 Å². The van der Waals surface area contributed by atoms with Gasteiger partial charge in [-0.1, -0.05) is 0 Å². The molecule has 0 aliphatic carbocycles. The summed E-state index contributed by atoms with van der Waals surface area (Å²) in [6.07, 6.45) is -2.62. The highest BCUT2D eigenvalue weighted by Crippen LogP contribution is 2.29. The van der Waals surface area contributed by atoms with Crippen LogP contribution in [0.25, 0.3) is 0 Å². The molecule has 0 amide bonds. The molecule has 1 saturated heterocycles. The van der Waals surface area contributed by atoms with Crippen LogP contribution in [0.4, 0.5) is 0 Å². The summed E-state index contributed by atoms with van der Waals surface area (Å²) < 4.78 is 0. The van der Waals surface area contributed by atoms with Crippen LogP contribution in [0, 0.1) is 0 Å². The van der Waals surface area contributed by atoms with Crippen molar-refractivity contribution in [1.29, 1.82) is 0 Å². The van der Waals surface area contributed by atoms with Gasteiger partial charge in [-0.3, -0.25) is 0 Å². The van der Waals surface area contributed by atoms with Crippen LogP contribution in [0.5, 0.6) is 0 Å². The molecule has 1 fully saturated rings. The van der Waals surface area contributed by atoms with Crippen molar-refractivity contribution >= 4 is 11.8 Å². The molecule has 0 aromatic heterocycles. The first-order valence-corrected chi connectivity index (χ1v) is 4.48. The van der Waals surface area contributed by atoms with Crippen LogP contribution in [0.1, 0.15) is 0 Å². The highest BCUT2D eigenvalue weighted by molar-refractivity contribution is 8.00. The second kappa shape index (κ2) is 3.73. The summed E-state index contributed by atoms with van der Waals surface area (Å²) in [5.74, 6) is 0.420. The van der Waals surface area contributed by atoms with Gasteiger partial charge in [-0.2, -0.15) is 11.8 Å². The van der Waals surface area contributed by atoms with E-state index in [1.165, 1.54) is 11.8 Å². The van der Waals surface area contributed by atoms with Gasteiger partial charge in [0.15, 0.2) is 0 Å². The molecule has 0 saturated carbocycles. The molecule has 4 atom stereocenters. The predicted octanol–water partition coefficient (Wildman–Crippen LogP) is -1.82. The van der Waals surface area contributed by atoms with E-state index < -0.39 is 23.6 Å². The van der Waals surface area contributed by atoms with Crippen molar-refractivity contribution in [2.24, 2.45) is 0 Å². The lowest BCUT2D eigenvalue weighted by atomic mass is 10.1. The second-order valence-electron chi connectivity index (χ2n) is 2.61. The molecule has 0 aromatic rings. The zero-order valence-electron chi connectivity index (χ0n) is 5.92. The number of aliphatic hydroxyl groups is 4. The first kappa shape index (κ1) is 9.28. The van der Waals surface area contributed by atoms with Crippen molar-refractivity contribution in [1.82, 2.24) is 0 Å². The predicted molar refractivity (Wildman–Crippen MR) is 41.4 cm³/mol. The lowest BCUT2D eigenvalue weighted by Crippen LogP contribution is -2.38. The van der Waals surface area contributed by atoms with Gasteiger partial charge in [0, 0.05) is 5.75 Å². The molecule has 0 unspecified atom stereocenters. The number of hydrogen-bond acceptors (Lipinski definition) is 5. The van der Waals surface area contributed by atoms with Crippen molar-refractivity contribution in [2.45, 2.75) is 23.6 Å². The van der Waals surface area contributed by atoms with Gasteiger partial charge in [0.1, 0.15) is 0 Å². The molecule has 1 aliphatic heterocycles. The molecule has 0 bridgehead atoms. The molecule has 0 aromatic carbocycles. The van der Waals surface area contributed by atoms with Crippen LogP contribution in [0.2, 0.25) is 0 Å². The Hall–Kier alpha value is 0.190. The topological polar surface area (TPSA) is 80.9 Å². The van der Waals surface area contributed by atoms with Crippen LogP contribution in [0.15, 0.2) is 0 Å². The Bertz CT molecular complexity index is 132. The molecule has 4 nitrogen and oxygen atoms in total. The van der Waals surface area contributed by atoms with Crippen molar-refractivity contribution in [3.63, 3.8) is 0 Å². The van der Waals surface area contributed by atoms with Crippen LogP contribution < -0.4 is 0 Å². The third kappa shape index (κ3) is 1.86. The van der Waals surface area contributed by atoms with E-state index >= 15 is 0 Å². The average Bonchev–Trinajstić information content (AvgIpc) is 2.32. The Morgan fingerprint density at radius 3 is 2.45 bits per heavy atom. The van der Waals surface area contributed by atoms with Crippen molar-refractivity contribution in [2.75, 3.05) is 12.4 Å². The first-order chi connectivity index (χ1) is 5.16. The fourth-order valence-electron chi connectivity index (χ4n) is 1.07. The van der Waals surface area contributed by atoms with Gasteiger partial charge in [0.2, 0.25) is 0 Å². The van der Waals surface area contributed by atoms with Crippen LogP contribution in [0.3, 0.4) is 0 Å². The summed E-state index contributed by atoms with van der Waals surface area (Å²) in [5.41, 5.74) is 0. The molecule has 1 aliphatic rings. The maximum atomic E-state index is 9.22. The molecule has 1 heterocycles. The third-order valence-corrected chi connectivity index (χ3v) is 3.27. The van der Waals surface area contributed by atoms with E-state index in [1.807, 2.05) is 0 Å². The van der Waals surface area contributed by atoms with E-state index in [2.05, 4.69) is 0 Å². The zero-order valence-corrected chi connectivity index (χ0v) is 6.74. The fraction of sp³-hybridized carbons (Fsp3) is 1.00. The molecule has 0 spiro atoms. The summed E-state index contributed by atoms with van der Waals surface area (Å²) in [4.78, 5) is 0. The van der Waals surface area contributed by atoms with Gasteiger partial charge in [-0.25, -0.2) is 0 Å². The van der Waals surface area contributed by atoms with Crippen molar-refractivity contribution in [3.05, 3.63) is 0 Å². The second-order valence-corrected chi connectivity index (χ2v) is 3.82. The number of thioether (sulfide) groups is 1. The van der Waals surface area contributed by atoms with Gasteiger partial charge in [0.25, 0.3) is 0 Å². The smallest absolute Gasteiger partial charge is 0.0951 e. The van der Waals surface area contributed by atoms with Gasteiger partial charge in [0.05, 0.1) is 30.2 Å².